The zero-order valence-corrected chi connectivity index (χ0v) is 22.8. The smallest absolute Gasteiger partial charge is 0.243 e. The Labute approximate surface area is 224 Å². The van der Waals surface area contributed by atoms with Crippen molar-refractivity contribution in [1.29, 1.82) is 0 Å². The van der Waals surface area contributed by atoms with E-state index in [0.29, 0.717) is 23.9 Å². The third kappa shape index (κ3) is 7.18. The van der Waals surface area contributed by atoms with E-state index < -0.39 is 10.0 Å². The molecule has 1 fully saturated rings. The van der Waals surface area contributed by atoms with E-state index in [2.05, 4.69) is 34.5 Å². The first-order valence-electron chi connectivity index (χ1n) is 11.5. The van der Waals surface area contributed by atoms with Gasteiger partial charge in [-0.25, -0.2) is 13.1 Å². The summed E-state index contributed by atoms with van der Waals surface area (Å²) in [6.45, 7) is 11.4. The van der Waals surface area contributed by atoms with Gasteiger partial charge in [0.25, 0.3) is 0 Å². The monoisotopic (exact) mass is 573 g/mol. The normalized spacial score (nSPS) is 14.9. The summed E-state index contributed by atoms with van der Waals surface area (Å²) >= 11 is 3.43. The van der Waals surface area contributed by atoms with E-state index in [1.54, 1.807) is 46.9 Å². The number of aromatic hydroxyl groups is 1. The second kappa shape index (κ2) is 13.0. The van der Waals surface area contributed by atoms with Gasteiger partial charge in [0.15, 0.2) is 0 Å². The van der Waals surface area contributed by atoms with Crippen LogP contribution in [0.3, 0.4) is 0 Å². The highest BCUT2D eigenvalue weighted by molar-refractivity contribution is 9.10. The number of nitrogens with zero attached hydrogens (tertiary/aromatic N) is 3. The summed E-state index contributed by atoms with van der Waals surface area (Å²) in [6, 6.07) is 15.8. The molecule has 6 nitrogen and oxygen atoms in total. The fourth-order valence-corrected chi connectivity index (χ4v) is 5.60. The first-order valence-corrected chi connectivity index (χ1v) is 13.8. The number of aromatic nitrogens is 2. The molecule has 0 spiro atoms. The summed E-state index contributed by atoms with van der Waals surface area (Å²) in [5, 5.41) is 14.1. The molecule has 1 aliphatic rings. The number of hydrogen-bond donors (Lipinski definition) is 1. The Hall–Kier alpha value is -2.68. The third-order valence-electron chi connectivity index (χ3n) is 6.04. The maximum Gasteiger partial charge on any atom is 0.243 e. The molecule has 0 saturated carbocycles. The van der Waals surface area contributed by atoms with E-state index in [1.165, 1.54) is 0 Å². The van der Waals surface area contributed by atoms with Crippen LogP contribution in [0.25, 0.3) is 11.3 Å². The average Bonchev–Trinajstić information content (AvgIpc) is 3.18. The maximum atomic E-state index is 12.2. The number of sulfonamides is 1. The van der Waals surface area contributed by atoms with Crippen LogP contribution in [0.5, 0.6) is 5.75 Å². The molecule has 36 heavy (non-hydrogen) atoms. The first-order chi connectivity index (χ1) is 16.6. The molecule has 0 bridgehead atoms. The van der Waals surface area contributed by atoms with Crippen LogP contribution < -0.4 is 0 Å². The molecule has 1 N–H and O–H groups in total. The van der Waals surface area contributed by atoms with Gasteiger partial charge in [-0.15, -0.1) is 0 Å². The number of para-hydroxylation sites is 1. The largest absolute Gasteiger partial charge is 0.507 e. The molecule has 2 aromatic carbocycles. The molecule has 1 aromatic heterocycles. The molecule has 3 aromatic rings. The summed E-state index contributed by atoms with van der Waals surface area (Å²) in [5.74, 6) is 0.872. The summed E-state index contributed by atoms with van der Waals surface area (Å²) in [4.78, 5) is 0.407. The predicted molar refractivity (Wildman–Crippen MR) is 152 cm³/mol. The van der Waals surface area contributed by atoms with Gasteiger partial charge in [0.2, 0.25) is 10.0 Å². The number of phenols is 1. The molecule has 2 heterocycles. The van der Waals surface area contributed by atoms with Gasteiger partial charge >= 0.3 is 0 Å². The second-order valence-electron chi connectivity index (χ2n) is 8.72. The molecular formula is C28H36BrN3O3S. The van der Waals surface area contributed by atoms with Crippen LogP contribution in [-0.2, 0) is 10.0 Å². The van der Waals surface area contributed by atoms with Gasteiger partial charge in [-0.05, 0) is 78.4 Å². The van der Waals surface area contributed by atoms with Crippen molar-refractivity contribution in [2.75, 3.05) is 13.1 Å². The third-order valence-corrected chi connectivity index (χ3v) is 8.73. The van der Waals surface area contributed by atoms with E-state index >= 15 is 0 Å². The lowest BCUT2D eigenvalue weighted by molar-refractivity contribution is 0.288. The van der Waals surface area contributed by atoms with E-state index in [-0.39, 0.29) is 13.2 Å². The highest BCUT2D eigenvalue weighted by atomic mass is 79.9. The van der Waals surface area contributed by atoms with Crippen LogP contribution in [0.15, 0.2) is 82.8 Å². The number of phenolic OH excluding ortho intramolecular Hbond substituents is 1. The van der Waals surface area contributed by atoms with E-state index in [9.17, 15) is 13.5 Å². The zero-order chi connectivity index (χ0) is 25.6. The number of allylic oxidation sites excluding steroid dienone is 3. The molecular weight excluding hydrogens is 538 g/mol. The minimum Gasteiger partial charge on any atom is -0.507 e. The highest BCUT2D eigenvalue weighted by Crippen LogP contribution is 2.27. The van der Waals surface area contributed by atoms with Gasteiger partial charge in [0.05, 0.1) is 21.3 Å². The number of halogens is 1. The molecule has 4 rings (SSSR count). The Morgan fingerprint density at radius 3 is 2.25 bits per heavy atom. The predicted octanol–water partition coefficient (Wildman–Crippen LogP) is 6.98. The summed E-state index contributed by atoms with van der Waals surface area (Å²) < 4.78 is 28.8. The van der Waals surface area contributed by atoms with Crippen molar-refractivity contribution in [2.24, 2.45) is 5.92 Å². The number of hydrogen-bond acceptors (Lipinski definition) is 4. The topological polar surface area (TPSA) is 75.4 Å². The van der Waals surface area contributed by atoms with Crippen molar-refractivity contribution >= 4 is 37.2 Å². The van der Waals surface area contributed by atoms with Crippen LogP contribution in [0.4, 0.5) is 0 Å². The van der Waals surface area contributed by atoms with Gasteiger partial charge in [-0.1, -0.05) is 57.3 Å². The Morgan fingerprint density at radius 2 is 1.69 bits per heavy atom. The van der Waals surface area contributed by atoms with Crippen LogP contribution in [0, 0.1) is 12.8 Å². The van der Waals surface area contributed by atoms with Crippen molar-refractivity contribution in [3.05, 3.63) is 89.2 Å². The number of rotatable bonds is 5. The molecule has 1 aliphatic heterocycles. The Morgan fingerprint density at radius 1 is 1.11 bits per heavy atom. The van der Waals surface area contributed by atoms with Crippen LogP contribution in [0.1, 0.15) is 45.4 Å². The fraction of sp³-hybridized carbons (Fsp3) is 0.321. The lowest BCUT2D eigenvalue weighted by Crippen LogP contribution is -2.37. The molecule has 1 saturated heterocycles. The van der Waals surface area contributed by atoms with E-state index in [0.717, 1.165) is 39.8 Å². The summed E-state index contributed by atoms with van der Waals surface area (Å²) in [5.41, 5.74) is 3.45. The van der Waals surface area contributed by atoms with Crippen molar-refractivity contribution in [3.8, 4) is 5.75 Å². The number of piperidine rings is 1. The van der Waals surface area contributed by atoms with Gasteiger partial charge in [0, 0.05) is 24.4 Å². The van der Waals surface area contributed by atoms with Gasteiger partial charge in [-0.3, -0.25) is 0 Å². The van der Waals surface area contributed by atoms with E-state index in [1.807, 2.05) is 42.8 Å². The molecule has 194 valence electrons. The molecule has 0 unspecified atom stereocenters. The molecule has 0 radical (unpaired) electrons. The summed E-state index contributed by atoms with van der Waals surface area (Å²) in [7, 11) is -3.25. The quantitative estimate of drug-likeness (QED) is 0.334. The van der Waals surface area contributed by atoms with Crippen LogP contribution in [-0.4, -0.2) is 40.7 Å². The lowest BCUT2D eigenvalue weighted by atomic mass is 10.0. The van der Waals surface area contributed by atoms with Gasteiger partial charge in [-0.2, -0.15) is 9.40 Å². The Kier molecular flexibility index (Phi) is 10.7. The fourth-order valence-electron chi connectivity index (χ4n) is 3.85. The van der Waals surface area contributed by atoms with Crippen LogP contribution >= 0.6 is 15.9 Å². The highest BCUT2D eigenvalue weighted by Gasteiger charge is 2.27. The average molecular weight is 575 g/mol. The van der Waals surface area contributed by atoms with Crippen molar-refractivity contribution in [2.45, 2.75) is 45.9 Å². The number of benzene rings is 2. The van der Waals surface area contributed by atoms with Crippen molar-refractivity contribution in [1.82, 2.24) is 14.1 Å². The van der Waals surface area contributed by atoms with Crippen molar-refractivity contribution in [3.63, 3.8) is 0 Å². The van der Waals surface area contributed by atoms with Crippen molar-refractivity contribution < 1.29 is 13.5 Å². The zero-order valence-electron chi connectivity index (χ0n) is 20.4. The van der Waals surface area contributed by atoms with Crippen LogP contribution in [0.2, 0.25) is 0 Å². The van der Waals surface area contributed by atoms with Gasteiger partial charge in [0.1, 0.15) is 5.75 Å². The van der Waals surface area contributed by atoms with Gasteiger partial charge < -0.3 is 5.11 Å². The standard InChI is InChI=1S/C15H15BrN2O.C12H17NO2S.CH4/c1-10(13-6-4-5-7-15(13)19)8-11(2)18-12(3)14(16)9-17-18;1-11-7-9-13(10-8-11)16(14,15)12-5-3-2-4-6-12;/h4-9,19H,1H2,2-3H3;2-6,11H,7-10H2,1H3;1H4/b11-8-;;. The molecule has 8 heteroatoms. The molecule has 0 amide bonds. The second-order valence-corrected chi connectivity index (χ2v) is 11.5. The Bertz CT molecular complexity index is 1290. The van der Waals surface area contributed by atoms with E-state index in [4.69, 9.17) is 0 Å². The minimum atomic E-state index is -3.25. The molecule has 0 aliphatic carbocycles. The minimum absolute atomic E-state index is 0. The first kappa shape index (κ1) is 29.5. The maximum absolute atomic E-state index is 12.2. The summed E-state index contributed by atoms with van der Waals surface area (Å²) in [6.07, 6.45) is 5.59. The SMILES string of the molecule is C.C=C(/C=C(/C)n1ncc(Br)c1C)c1ccccc1O.CC1CCN(S(=O)(=O)c2ccccc2)CC1. The lowest BCUT2D eigenvalue weighted by Gasteiger charge is -2.29. The molecule has 0 atom stereocenters. The Balaban J connectivity index is 0.000000250.